The molecule has 0 fully saturated rings. The topological polar surface area (TPSA) is 60.4 Å². The number of ether oxygens (including phenoxy) is 1. The molecule has 0 amide bonds. The van der Waals surface area contributed by atoms with Crippen LogP contribution in [-0.4, -0.2) is 26.2 Å². The predicted molar refractivity (Wildman–Crippen MR) is 108 cm³/mol. The Hall–Kier alpha value is -2.66. The van der Waals surface area contributed by atoms with Gasteiger partial charge in [-0.2, -0.15) is 0 Å². The van der Waals surface area contributed by atoms with Gasteiger partial charge in [-0.15, -0.1) is 6.58 Å². The third-order valence-electron chi connectivity index (χ3n) is 4.56. The number of rotatable bonds is 8. The maximum absolute atomic E-state index is 13.5. The molecular weight excluding hydrogens is 360 g/mol. The van der Waals surface area contributed by atoms with E-state index in [4.69, 9.17) is 4.74 Å². The Morgan fingerprint density at radius 1 is 1.11 bits per heavy atom. The first-order valence-electron chi connectivity index (χ1n) is 8.52. The fourth-order valence-corrected chi connectivity index (χ4v) is 4.97. The first kappa shape index (κ1) is 20.6. The average molecular weight is 384 g/mol. The molecule has 0 spiro atoms. The van der Waals surface area contributed by atoms with Gasteiger partial charge in [0.1, 0.15) is 0 Å². The van der Waals surface area contributed by atoms with Crippen molar-refractivity contribution in [2.24, 2.45) is 0 Å². The van der Waals surface area contributed by atoms with E-state index in [1.54, 1.807) is 12.1 Å². The second-order valence-corrected chi connectivity index (χ2v) is 8.70. The minimum Gasteiger partial charge on any atom is -0.468 e. The summed E-state index contributed by atoms with van der Waals surface area (Å²) in [6, 6.07) is 15.6. The molecule has 0 aliphatic heterocycles. The second-order valence-electron chi connectivity index (χ2n) is 6.44. The van der Waals surface area contributed by atoms with Gasteiger partial charge in [0.25, 0.3) is 0 Å². The van der Waals surface area contributed by atoms with Gasteiger partial charge in [0.2, 0.25) is 0 Å². The third-order valence-corrected chi connectivity index (χ3v) is 6.96. The minimum atomic E-state index is -4.06. The lowest BCUT2D eigenvalue weighted by molar-refractivity contribution is -0.143. The maximum Gasteiger partial charge on any atom is 0.328 e. The standard InChI is InChI=1S/C22H24O4S/c1-5-15-22(21(23)26-4,16-18(3)19-9-7-6-8-10-19)27(24,25)20-13-11-17(2)12-14-20/h5-14H,1,3,15-16H2,2,4H3. The molecule has 2 aromatic rings. The van der Waals surface area contributed by atoms with Crippen molar-refractivity contribution >= 4 is 21.4 Å². The first-order valence-corrected chi connectivity index (χ1v) is 10.0. The zero-order valence-corrected chi connectivity index (χ0v) is 16.5. The van der Waals surface area contributed by atoms with E-state index < -0.39 is 20.6 Å². The van der Waals surface area contributed by atoms with Crippen LogP contribution in [0.4, 0.5) is 0 Å². The molecule has 5 heteroatoms. The molecule has 4 nitrogen and oxygen atoms in total. The first-order chi connectivity index (χ1) is 12.8. The molecule has 0 aliphatic rings. The van der Waals surface area contributed by atoms with Gasteiger partial charge in [0.15, 0.2) is 14.6 Å². The van der Waals surface area contributed by atoms with E-state index >= 15 is 0 Å². The molecule has 0 saturated heterocycles. The molecule has 1 atom stereocenters. The number of sulfone groups is 1. The van der Waals surface area contributed by atoms with E-state index in [9.17, 15) is 13.2 Å². The van der Waals surface area contributed by atoms with Crippen LogP contribution in [0, 0.1) is 6.92 Å². The Kier molecular flexibility index (Phi) is 6.39. The van der Waals surface area contributed by atoms with Crippen molar-refractivity contribution in [3.05, 3.63) is 85.0 Å². The molecule has 27 heavy (non-hydrogen) atoms. The number of carbonyl (C=O) groups is 1. The summed E-state index contributed by atoms with van der Waals surface area (Å²) in [6.07, 6.45) is 1.26. The summed E-state index contributed by atoms with van der Waals surface area (Å²) in [4.78, 5) is 12.9. The fourth-order valence-electron chi connectivity index (χ4n) is 3.02. The molecule has 0 saturated carbocycles. The van der Waals surface area contributed by atoms with Gasteiger partial charge in [-0.25, -0.2) is 8.42 Å². The number of aryl methyl sites for hydroxylation is 1. The van der Waals surface area contributed by atoms with Crippen molar-refractivity contribution in [3.63, 3.8) is 0 Å². The van der Waals surface area contributed by atoms with Crippen molar-refractivity contribution in [2.45, 2.75) is 29.4 Å². The van der Waals surface area contributed by atoms with Crippen molar-refractivity contribution in [2.75, 3.05) is 7.11 Å². The van der Waals surface area contributed by atoms with Crippen LogP contribution in [-0.2, 0) is 19.4 Å². The van der Waals surface area contributed by atoms with Crippen LogP contribution >= 0.6 is 0 Å². The summed E-state index contributed by atoms with van der Waals surface area (Å²) in [6.45, 7) is 9.55. The average Bonchev–Trinajstić information content (AvgIpc) is 2.67. The van der Waals surface area contributed by atoms with E-state index in [1.165, 1.54) is 25.3 Å². The molecule has 142 valence electrons. The minimum absolute atomic E-state index is 0.0706. The number of hydrogen-bond acceptors (Lipinski definition) is 4. The lowest BCUT2D eigenvalue weighted by atomic mass is 9.92. The number of carbonyl (C=O) groups excluding carboxylic acids is 1. The molecule has 2 aromatic carbocycles. The van der Waals surface area contributed by atoms with Crippen LogP contribution < -0.4 is 0 Å². The summed E-state index contributed by atoms with van der Waals surface area (Å²) in [5.41, 5.74) is 2.24. The summed E-state index contributed by atoms with van der Waals surface area (Å²) < 4.78 is 30.2. The van der Waals surface area contributed by atoms with Crippen LogP contribution in [0.3, 0.4) is 0 Å². The van der Waals surface area contributed by atoms with Gasteiger partial charge in [0, 0.05) is 6.42 Å². The highest BCUT2D eigenvalue weighted by atomic mass is 32.2. The summed E-state index contributed by atoms with van der Waals surface area (Å²) in [5, 5.41) is 0. The number of hydrogen-bond donors (Lipinski definition) is 0. The highest BCUT2D eigenvalue weighted by molar-refractivity contribution is 7.93. The van der Waals surface area contributed by atoms with Crippen LogP contribution in [0.25, 0.3) is 5.57 Å². The predicted octanol–water partition coefficient (Wildman–Crippen LogP) is 4.36. The summed E-state index contributed by atoms with van der Waals surface area (Å²) >= 11 is 0. The monoisotopic (exact) mass is 384 g/mol. The van der Waals surface area contributed by atoms with E-state index in [-0.39, 0.29) is 17.7 Å². The molecule has 0 N–H and O–H groups in total. The number of esters is 1. The highest BCUT2D eigenvalue weighted by Crippen LogP contribution is 2.38. The van der Waals surface area contributed by atoms with Crippen LogP contribution in [0.2, 0.25) is 0 Å². The van der Waals surface area contributed by atoms with Crippen molar-refractivity contribution in [1.29, 1.82) is 0 Å². The summed E-state index contributed by atoms with van der Waals surface area (Å²) in [5.74, 6) is -0.819. The Morgan fingerprint density at radius 3 is 2.22 bits per heavy atom. The Balaban J connectivity index is 2.61. The number of benzene rings is 2. The number of methoxy groups -OCH3 is 1. The van der Waals surface area contributed by atoms with Gasteiger partial charge in [0.05, 0.1) is 12.0 Å². The molecule has 0 aliphatic carbocycles. The van der Waals surface area contributed by atoms with Gasteiger partial charge >= 0.3 is 5.97 Å². The van der Waals surface area contributed by atoms with Gasteiger partial charge < -0.3 is 4.74 Å². The van der Waals surface area contributed by atoms with E-state index in [1.807, 2.05) is 37.3 Å². The van der Waals surface area contributed by atoms with E-state index in [2.05, 4.69) is 13.2 Å². The normalized spacial score (nSPS) is 13.4. The Morgan fingerprint density at radius 2 is 1.70 bits per heavy atom. The second kappa shape index (κ2) is 8.35. The fraction of sp³-hybridized carbons (Fsp3) is 0.227. The highest BCUT2D eigenvalue weighted by Gasteiger charge is 2.51. The Bertz CT molecular complexity index is 928. The molecule has 0 aromatic heterocycles. The SMILES string of the molecule is C=CCC(CC(=C)c1ccccc1)(C(=O)OC)S(=O)(=O)c1ccc(C)cc1. The van der Waals surface area contributed by atoms with Gasteiger partial charge in [-0.3, -0.25) is 4.79 Å². The number of allylic oxidation sites excluding steroid dienone is 2. The molecule has 2 rings (SSSR count). The van der Waals surface area contributed by atoms with Crippen LogP contribution in [0.1, 0.15) is 24.0 Å². The van der Waals surface area contributed by atoms with Gasteiger partial charge in [-0.1, -0.05) is 60.7 Å². The smallest absolute Gasteiger partial charge is 0.328 e. The zero-order valence-electron chi connectivity index (χ0n) is 15.6. The zero-order chi connectivity index (χ0) is 20.1. The van der Waals surface area contributed by atoms with Gasteiger partial charge in [-0.05, 0) is 36.6 Å². The quantitative estimate of drug-likeness (QED) is 0.501. The van der Waals surface area contributed by atoms with E-state index in [0.29, 0.717) is 5.57 Å². The lowest BCUT2D eigenvalue weighted by Gasteiger charge is -2.30. The third kappa shape index (κ3) is 4.03. The molecular formula is C22H24O4S. The molecule has 0 radical (unpaired) electrons. The maximum atomic E-state index is 13.5. The lowest BCUT2D eigenvalue weighted by Crippen LogP contribution is -2.47. The van der Waals surface area contributed by atoms with Crippen molar-refractivity contribution in [1.82, 2.24) is 0 Å². The molecule has 0 heterocycles. The Labute approximate surface area is 161 Å². The van der Waals surface area contributed by atoms with E-state index in [0.717, 1.165) is 11.1 Å². The van der Waals surface area contributed by atoms with Crippen LogP contribution in [0.5, 0.6) is 0 Å². The molecule has 1 unspecified atom stereocenters. The largest absolute Gasteiger partial charge is 0.468 e. The van der Waals surface area contributed by atoms with Crippen LogP contribution in [0.15, 0.2) is 78.7 Å². The van der Waals surface area contributed by atoms with Crippen molar-refractivity contribution in [3.8, 4) is 0 Å². The van der Waals surface area contributed by atoms with Crippen molar-refractivity contribution < 1.29 is 17.9 Å². The molecule has 0 bridgehead atoms. The summed E-state index contributed by atoms with van der Waals surface area (Å²) in [7, 11) is -2.87.